The van der Waals surface area contributed by atoms with Gasteiger partial charge in [-0.25, -0.2) is 13.1 Å². The lowest BCUT2D eigenvalue weighted by Gasteiger charge is -2.09. The van der Waals surface area contributed by atoms with Gasteiger partial charge in [0.2, 0.25) is 10.0 Å². The minimum absolute atomic E-state index is 0.149. The molecule has 7 heteroatoms. The summed E-state index contributed by atoms with van der Waals surface area (Å²) in [5.41, 5.74) is 0.931. The third-order valence-electron chi connectivity index (χ3n) is 2.85. The van der Waals surface area contributed by atoms with Crippen LogP contribution in [0, 0.1) is 36.3 Å². The van der Waals surface area contributed by atoms with Crippen molar-refractivity contribution in [1.82, 2.24) is 4.72 Å². The molecule has 0 amide bonds. The van der Waals surface area contributed by atoms with Crippen molar-refractivity contribution in [2.45, 2.75) is 31.6 Å². The number of sulfonamides is 1. The van der Waals surface area contributed by atoms with Crippen LogP contribution in [-0.4, -0.2) is 19.9 Å². The molecule has 0 aliphatic carbocycles. The molecule has 1 N–H and O–H groups in total. The summed E-state index contributed by atoms with van der Waals surface area (Å²) in [7, 11) is -3.92. The van der Waals surface area contributed by atoms with Gasteiger partial charge >= 0.3 is 0 Å². The molecule has 0 unspecified atom stereocenters. The van der Waals surface area contributed by atoms with Crippen LogP contribution in [0.2, 0.25) is 0 Å². The maximum Gasteiger partial charge on any atom is 0.289 e. The van der Waals surface area contributed by atoms with Gasteiger partial charge < -0.3 is 0 Å². The number of nitrogens with one attached hydrogen (secondary N) is 1. The first-order chi connectivity index (χ1) is 9.29. The molecule has 0 atom stereocenters. The third kappa shape index (κ3) is 3.79. The number of unbranched alkanes of at least 4 members (excludes halogenated alkanes) is 1. The van der Waals surface area contributed by atoms with E-state index in [0.29, 0.717) is 24.0 Å². The van der Waals surface area contributed by atoms with Crippen LogP contribution in [-0.2, 0) is 10.0 Å². The van der Waals surface area contributed by atoms with E-state index >= 15 is 0 Å². The van der Waals surface area contributed by atoms with Crippen molar-refractivity contribution < 1.29 is 13.3 Å². The Morgan fingerprint density at radius 3 is 2.50 bits per heavy atom. The minimum atomic E-state index is -3.92. The zero-order valence-electron chi connectivity index (χ0n) is 11.3. The summed E-state index contributed by atoms with van der Waals surface area (Å²) in [5, 5.41) is 11.0. The smallest absolute Gasteiger partial charge is 0.258 e. The molecular weight excluding hydrogens is 280 g/mol. The molecule has 1 rings (SSSR count). The number of aryl methyl sites for hydroxylation is 2. The first kappa shape index (κ1) is 16.1. The van der Waals surface area contributed by atoms with Crippen LogP contribution in [0.1, 0.15) is 24.0 Å². The quantitative estimate of drug-likeness (QED) is 0.376. The van der Waals surface area contributed by atoms with E-state index in [0.717, 1.165) is 0 Å². The molecule has 1 aromatic carbocycles. The van der Waals surface area contributed by atoms with Crippen LogP contribution in [0.3, 0.4) is 0 Å². The van der Waals surface area contributed by atoms with Crippen LogP contribution in [0.25, 0.3) is 0 Å². The molecule has 0 aliphatic rings. The molecule has 20 heavy (non-hydrogen) atoms. The average Bonchev–Trinajstić information content (AvgIpc) is 2.37. The van der Waals surface area contributed by atoms with E-state index < -0.39 is 20.6 Å². The van der Waals surface area contributed by atoms with E-state index in [1.54, 1.807) is 13.8 Å². The van der Waals surface area contributed by atoms with Gasteiger partial charge in [0, 0.05) is 19.0 Å². The summed E-state index contributed by atoms with van der Waals surface area (Å²) < 4.78 is 26.6. The van der Waals surface area contributed by atoms with E-state index in [2.05, 4.69) is 10.6 Å². The maximum atomic E-state index is 12.1. The van der Waals surface area contributed by atoms with E-state index in [-0.39, 0.29) is 11.4 Å². The first-order valence-electron chi connectivity index (χ1n) is 5.98. The fraction of sp³-hybridized carbons (Fsp3) is 0.385. The van der Waals surface area contributed by atoms with Crippen LogP contribution in [0.4, 0.5) is 5.69 Å². The van der Waals surface area contributed by atoms with E-state index in [1.165, 1.54) is 12.1 Å². The second kappa shape index (κ2) is 6.50. The zero-order chi connectivity index (χ0) is 15.3. The lowest BCUT2D eigenvalue weighted by atomic mass is 10.1. The molecule has 0 aliphatic heterocycles. The summed E-state index contributed by atoms with van der Waals surface area (Å²) in [6, 6.07) is 2.59. The Kier molecular flexibility index (Phi) is 5.25. The fourth-order valence-electron chi connectivity index (χ4n) is 1.61. The number of hydrogen-bond acceptors (Lipinski definition) is 4. The molecule has 0 fully saturated rings. The maximum absolute atomic E-state index is 12.1. The van der Waals surface area contributed by atoms with Gasteiger partial charge in [-0.15, -0.1) is 12.3 Å². The fourth-order valence-corrected chi connectivity index (χ4v) is 2.92. The van der Waals surface area contributed by atoms with Crippen molar-refractivity contribution in [3.8, 4) is 12.3 Å². The van der Waals surface area contributed by atoms with Gasteiger partial charge in [-0.1, -0.05) is 0 Å². The standard InChI is InChI=1S/C13H16N2O4S/c1-4-5-6-7-14-20(18,19)13-9-11(3)10(2)8-12(13)15(16)17/h1,8-9,14H,5-7H2,2-3H3. The van der Waals surface area contributed by atoms with Crippen LogP contribution in [0.15, 0.2) is 17.0 Å². The van der Waals surface area contributed by atoms with Crippen molar-refractivity contribution in [3.05, 3.63) is 33.4 Å². The second-order valence-corrected chi connectivity index (χ2v) is 6.10. The van der Waals surface area contributed by atoms with Gasteiger partial charge in [0.25, 0.3) is 5.69 Å². The second-order valence-electron chi connectivity index (χ2n) is 4.37. The van der Waals surface area contributed by atoms with Crippen LogP contribution >= 0.6 is 0 Å². The Labute approximate surface area is 118 Å². The molecule has 0 radical (unpaired) electrons. The molecule has 6 nitrogen and oxygen atoms in total. The summed E-state index contributed by atoms with van der Waals surface area (Å²) in [5.74, 6) is 2.40. The SMILES string of the molecule is C#CCCCNS(=O)(=O)c1cc(C)c(C)cc1[N+](=O)[O-]. The Morgan fingerprint density at radius 2 is 1.95 bits per heavy atom. The number of terminal acetylenes is 1. The Hall–Kier alpha value is -1.91. The van der Waals surface area contributed by atoms with Gasteiger partial charge in [-0.2, -0.15) is 0 Å². The van der Waals surface area contributed by atoms with Gasteiger partial charge in [0.1, 0.15) is 0 Å². The van der Waals surface area contributed by atoms with E-state index in [4.69, 9.17) is 6.42 Å². The first-order valence-corrected chi connectivity index (χ1v) is 7.46. The zero-order valence-corrected chi connectivity index (χ0v) is 12.2. The molecule has 0 heterocycles. The number of rotatable bonds is 6. The molecule has 0 saturated carbocycles. The summed E-state index contributed by atoms with van der Waals surface area (Å²) in [6.07, 6.45) is 6.00. The van der Waals surface area contributed by atoms with Gasteiger partial charge in [-0.3, -0.25) is 10.1 Å². The Balaban J connectivity index is 3.14. The van der Waals surface area contributed by atoms with Gasteiger partial charge in [-0.05, 0) is 37.5 Å². The highest BCUT2D eigenvalue weighted by Crippen LogP contribution is 2.27. The Bertz CT molecular complexity index is 660. The van der Waals surface area contributed by atoms with Gasteiger partial charge in [0.15, 0.2) is 4.90 Å². The number of benzene rings is 1. The highest BCUT2D eigenvalue weighted by Gasteiger charge is 2.26. The van der Waals surface area contributed by atoms with Crippen molar-refractivity contribution >= 4 is 15.7 Å². The molecular formula is C13H16N2O4S. The molecule has 0 bridgehead atoms. The summed E-state index contributed by atoms with van der Waals surface area (Å²) in [4.78, 5) is 9.99. The van der Waals surface area contributed by atoms with Crippen LogP contribution < -0.4 is 4.72 Å². The predicted octanol–water partition coefficient (Wildman–Crippen LogP) is 1.90. The number of nitrogens with zero attached hydrogens (tertiary/aromatic N) is 1. The number of nitro benzene ring substituents is 1. The normalized spacial score (nSPS) is 11.1. The average molecular weight is 296 g/mol. The topological polar surface area (TPSA) is 89.3 Å². The minimum Gasteiger partial charge on any atom is -0.258 e. The molecule has 0 aromatic heterocycles. The van der Waals surface area contributed by atoms with Crippen LogP contribution in [0.5, 0.6) is 0 Å². The third-order valence-corrected chi connectivity index (χ3v) is 4.34. The van der Waals surface area contributed by atoms with E-state index in [1.807, 2.05) is 0 Å². The number of nitro groups is 1. The van der Waals surface area contributed by atoms with Crippen molar-refractivity contribution in [2.24, 2.45) is 0 Å². The lowest BCUT2D eigenvalue weighted by molar-refractivity contribution is -0.387. The van der Waals surface area contributed by atoms with Crippen molar-refractivity contribution in [1.29, 1.82) is 0 Å². The van der Waals surface area contributed by atoms with Crippen molar-refractivity contribution in [3.63, 3.8) is 0 Å². The monoisotopic (exact) mass is 296 g/mol. The largest absolute Gasteiger partial charge is 0.289 e. The summed E-state index contributed by atoms with van der Waals surface area (Å²) in [6.45, 7) is 3.55. The van der Waals surface area contributed by atoms with Gasteiger partial charge in [0.05, 0.1) is 4.92 Å². The molecule has 1 aromatic rings. The van der Waals surface area contributed by atoms with Crippen molar-refractivity contribution in [2.75, 3.05) is 6.54 Å². The highest BCUT2D eigenvalue weighted by molar-refractivity contribution is 7.89. The molecule has 0 spiro atoms. The van der Waals surface area contributed by atoms with E-state index in [9.17, 15) is 18.5 Å². The molecule has 108 valence electrons. The summed E-state index contributed by atoms with van der Waals surface area (Å²) >= 11 is 0. The lowest BCUT2D eigenvalue weighted by Crippen LogP contribution is -2.25. The highest BCUT2D eigenvalue weighted by atomic mass is 32.2. The molecule has 0 saturated heterocycles. The number of hydrogen-bond donors (Lipinski definition) is 1. The Morgan fingerprint density at radius 1 is 1.35 bits per heavy atom. The predicted molar refractivity (Wildman–Crippen MR) is 75.8 cm³/mol.